The molecule has 1 aliphatic heterocycles. The first kappa shape index (κ1) is 14.1. The second-order valence-electron chi connectivity index (χ2n) is 5.33. The van der Waals surface area contributed by atoms with Crippen LogP contribution in [0.15, 0.2) is 6.07 Å². The van der Waals surface area contributed by atoms with Crippen LogP contribution < -0.4 is 0 Å². The molecular formula is C14H23N3O2. The second-order valence-corrected chi connectivity index (χ2v) is 5.33. The van der Waals surface area contributed by atoms with Crippen molar-refractivity contribution in [2.75, 3.05) is 13.1 Å². The lowest BCUT2D eigenvalue weighted by atomic mass is 9.89. The van der Waals surface area contributed by atoms with E-state index in [9.17, 15) is 9.90 Å². The molecule has 0 aromatic carbocycles. The van der Waals surface area contributed by atoms with Crippen LogP contribution in [0.4, 0.5) is 0 Å². The van der Waals surface area contributed by atoms with Crippen molar-refractivity contribution < 1.29 is 9.90 Å². The molecule has 1 saturated heterocycles. The van der Waals surface area contributed by atoms with E-state index in [-0.39, 0.29) is 5.91 Å². The van der Waals surface area contributed by atoms with Gasteiger partial charge in [-0.15, -0.1) is 0 Å². The summed E-state index contributed by atoms with van der Waals surface area (Å²) in [6.07, 6.45) is 2.52. The van der Waals surface area contributed by atoms with Crippen molar-refractivity contribution in [1.82, 2.24) is 14.7 Å². The molecule has 5 heteroatoms. The number of likely N-dealkylation sites (tertiary alicyclic amines) is 1. The van der Waals surface area contributed by atoms with Crippen molar-refractivity contribution in [3.05, 3.63) is 17.5 Å². The van der Waals surface area contributed by atoms with Crippen LogP contribution in [0.2, 0.25) is 0 Å². The van der Waals surface area contributed by atoms with Crippen LogP contribution in [-0.4, -0.2) is 44.4 Å². The number of hydrogen-bond donors (Lipinski definition) is 1. The summed E-state index contributed by atoms with van der Waals surface area (Å²) in [6.45, 7) is 7.62. The largest absolute Gasteiger partial charge is 0.386 e. The van der Waals surface area contributed by atoms with Gasteiger partial charge in [-0.1, -0.05) is 20.3 Å². The van der Waals surface area contributed by atoms with E-state index in [0.29, 0.717) is 25.3 Å². The van der Waals surface area contributed by atoms with Gasteiger partial charge in [0.25, 0.3) is 5.91 Å². The number of β-amino-alcohol motifs (C(OH)–C–C–N with tert-alkyl or cyclic N) is 1. The zero-order chi connectivity index (χ0) is 14.0. The Kier molecular flexibility index (Phi) is 3.94. The molecule has 19 heavy (non-hydrogen) atoms. The summed E-state index contributed by atoms with van der Waals surface area (Å²) in [4.78, 5) is 14.1. The molecule has 1 aliphatic rings. The fourth-order valence-electron chi connectivity index (χ4n) is 2.65. The molecule has 1 fully saturated rings. The summed E-state index contributed by atoms with van der Waals surface area (Å²) in [5.41, 5.74) is 0.905. The Labute approximate surface area is 114 Å². The van der Waals surface area contributed by atoms with Crippen molar-refractivity contribution in [3.63, 3.8) is 0 Å². The third-order valence-corrected chi connectivity index (χ3v) is 3.68. The van der Waals surface area contributed by atoms with Crippen molar-refractivity contribution in [2.45, 2.75) is 52.2 Å². The predicted molar refractivity (Wildman–Crippen MR) is 73.0 cm³/mol. The minimum atomic E-state index is -0.672. The lowest BCUT2D eigenvalue weighted by Crippen LogP contribution is -2.63. The summed E-state index contributed by atoms with van der Waals surface area (Å²) in [5.74, 6) is -0.0187. The fourth-order valence-corrected chi connectivity index (χ4v) is 2.65. The predicted octanol–water partition coefficient (Wildman–Crippen LogP) is 1.45. The van der Waals surface area contributed by atoms with E-state index in [1.165, 1.54) is 0 Å². The van der Waals surface area contributed by atoms with E-state index >= 15 is 0 Å². The molecule has 0 bridgehead atoms. The molecule has 0 atom stereocenters. The molecular weight excluding hydrogens is 242 g/mol. The highest BCUT2D eigenvalue weighted by Gasteiger charge is 2.43. The van der Waals surface area contributed by atoms with Crippen LogP contribution in [0.1, 0.15) is 49.8 Å². The molecule has 1 aromatic rings. The molecule has 0 aliphatic carbocycles. The van der Waals surface area contributed by atoms with Crippen molar-refractivity contribution >= 4 is 5.91 Å². The number of aliphatic hydroxyl groups is 1. The first-order valence-electron chi connectivity index (χ1n) is 7.11. The number of carbonyl (C=O) groups excluding carboxylic acids is 1. The van der Waals surface area contributed by atoms with Crippen LogP contribution in [0.5, 0.6) is 0 Å². The van der Waals surface area contributed by atoms with Gasteiger partial charge in [-0.2, -0.15) is 5.10 Å². The summed E-state index contributed by atoms with van der Waals surface area (Å²) in [5, 5.41) is 14.5. The average Bonchev–Trinajstić information content (AvgIpc) is 2.78. The van der Waals surface area contributed by atoms with E-state index in [1.54, 1.807) is 9.58 Å². The van der Waals surface area contributed by atoms with Gasteiger partial charge in [-0.05, 0) is 25.8 Å². The maximum absolute atomic E-state index is 12.4. The number of amides is 1. The number of aryl methyl sites for hydroxylation is 2. The minimum absolute atomic E-state index is 0.0187. The number of rotatable bonds is 5. The topological polar surface area (TPSA) is 58.4 Å². The van der Waals surface area contributed by atoms with E-state index in [4.69, 9.17) is 0 Å². The molecule has 2 heterocycles. The number of nitrogens with zero attached hydrogens (tertiary/aromatic N) is 3. The summed E-state index contributed by atoms with van der Waals surface area (Å²) < 4.78 is 1.75. The van der Waals surface area contributed by atoms with Gasteiger partial charge in [-0.3, -0.25) is 9.48 Å². The van der Waals surface area contributed by atoms with E-state index in [1.807, 2.05) is 26.8 Å². The average molecular weight is 265 g/mol. The first-order valence-corrected chi connectivity index (χ1v) is 7.11. The van der Waals surface area contributed by atoms with Gasteiger partial charge in [0.1, 0.15) is 5.69 Å². The fraction of sp³-hybridized carbons (Fsp3) is 0.714. The van der Waals surface area contributed by atoms with Crippen molar-refractivity contribution in [1.29, 1.82) is 0 Å². The van der Waals surface area contributed by atoms with E-state index in [2.05, 4.69) is 5.10 Å². The highest BCUT2D eigenvalue weighted by Crippen LogP contribution is 2.27. The van der Waals surface area contributed by atoms with Gasteiger partial charge in [0.15, 0.2) is 0 Å². The Morgan fingerprint density at radius 3 is 2.63 bits per heavy atom. The molecule has 1 aromatic heterocycles. The molecule has 106 valence electrons. The molecule has 1 N–H and O–H groups in total. The van der Waals surface area contributed by atoms with Gasteiger partial charge >= 0.3 is 0 Å². The third-order valence-electron chi connectivity index (χ3n) is 3.68. The van der Waals surface area contributed by atoms with Gasteiger partial charge < -0.3 is 10.0 Å². The Bertz CT molecular complexity index is 461. The molecule has 2 rings (SSSR count). The normalized spacial score (nSPS) is 17.4. The van der Waals surface area contributed by atoms with Crippen LogP contribution in [0, 0.1) is 0 Å². The lowest BCUT2D eigenvalue weighted by molar-refractivity contribution is -0.0863. The Morgan fingerprint density at radius 2 is 2.11 bits per heavy atom. The lowest BCUT2D eigenvalue weighted by Gasteiger charge is -2.46. The number of carbonyl (C=O) groups is 1. The summed E-state index contributed by atoms with van der Waals surface area (Å²) in [6, 6.07) is 1.86. The maximum Gasteiger partial charge on any atom is 0.272 e. The molecule has 0 spiro atoms. The zero-order valence-electron chi connectivity index (χ0n) is 12.0. The smallest absolute Gasteiger partial charge is 0.272 e. The SMILES string of the molecule is CCCC1(O)CN(C(=O)c2cc(CC)nn2CC)C1. The molecule has 0 unspecified atom stereocenters. The first-order chi connectivity index (χ1) is 9.03. The molecule has 5 nitrogen and oxygen atoms in total. The van der Waals surface area contributed by atoms with Crippen LogP contribution >= 0.6 is 0 Å². The molecule has 1 amide bonds. The van der Waals surface area contributed by atoms with Crippen LogP contribution in [0.3, 0.4) is 0 Å². The van der Waals surface area contributed by atoms with Gasteiger partial charge in [0, 0.05) is 6.54 Å². The van der Waals surface area contributed by atoms with Crippen LogP contribution in [0.25, 0.3) is 0 Å². The van der Waals surface area contributed by atoms with Gasteiger partial charge in [0.05, 0.1) is 24.4 Å². The molecule has 0 radical (unpaired) electrons. The van der Waals surface area contributed by atoms with Crippen molar-refractivity contribution in [2.24, 2.45) is 0 Å². The quantitative estimate of drug-likeness (QED) is 0.876. The monoisotopic (exact) mass is 265 g/mol. The zero-order valence-corrected chi connectivity index (χ0v) is 12.0. The standard InChI is InChI=1S/C14H23N3O2/c1-4-7-14(19)9-16(10-14)13(18)12-8-11(5-2)15-17(12)6-3/h8,19H,4-7,9-10H2,1-3H3. The molecule has 0 saturated carbocycles. The summed E-state index contributed by atoms with van der Waals surface area (Å²) >= 11 is 0. The Morgan fingerprint density at radius 1 is 1.42 bits per heavy atom. The van der Waals surface area contributed by atoms with Gasteiger partial charge in [-0.25, -0.2) is 0 Å². The third kappa shape index (κ3) is 2.66. The second kappa shape index (κ2) is 5.33. The summed E-state index contributed by atoms with van der Waals surface area (Å²) in [7, 11) is 0. The minimum Gasteiger partial charge on any atom is -0.386 e. The van der Waals surface area contributed by atoms with E-state index < -0.39 is 5.60 Å². The van der Waals surface area contributed by atoms with Crippen LogP contribution in [-0.2, 0) is 13.0 Å². The highest BCUT2D eigenvalue weighted by atomic mass is 16.3. The van der Waals surface area contributed by atoms with Crippen molar-refractivity contribution in [3.8, 4) is 0 Å². The van der Waals surface area contributed by atoms with Gasteiger partial charge in [0.2, 0.25) is 0 Å². The number of aromatic nitrogens is 2. The Hall–Kier alpha value is -1.36. The highest BCUT2D eigenvalue weighted by molar-refractivity contribution is 5.93. The maximum atomic E-state index is 12.4. The number of hydrogen-bond acceptors (Lipinski definition) is 3. The van der Waals surface area contributed by atoms with E-state index in [0.717, 1.165) is 25.0 Å². The Balaban J connectivity index is 2.07.